The van der Waals surface area contributed by atoms with Crippen LogP contribution in [0.3, 0.4) is 0 Å². The number of carboxylic acid groups (broad SMARTS) is 1. The van der Waals surface area contributed by atoms with E-state index in [4.69, 9.17) is 5.11 Å². The summed E-state index contributed by atoms with van der Waals surface area (Å²) in [4.78, 5) is 11.0. The average Bonchev–Trinajstić information content (AvgIpc) is 2.47. The molecule has 0 spiro atoms. The van der Waals surface area contributed by atoms with E-state index >= 15 is 0 Å². The predicted molar refractivity (Wildman–Crippen MR) is 68.7 cm³/mol. The second-order valence-corrected chi connectivity index (χ2v) is 6.05. The first-order chi connectivity index (χ1) is 7.94. The highest BCUT2D eigenvalue weighted by Gasteiger charge is 2.41. The summed E-state index contributed by atoms with van der Waals surface area (Å²) in [6.07, 6.45) is 8.09. The van der Waals surface area contributed by atoms with E-state index in [1.165, 1.54) is 18.4 Å². The summed E-state index contributed by atoms with van der Waals surface area (Å²) in [6.45, 7) is 6.84. The summed E-state index contributed by atoms with van der Waals surface area (Å²) in [5.74, 6) is 0.558. The SMILES string of the molecule is CC(C)[C@H]1CC[C@]2(C)CC=C(C(=O)O)CC=C12. The molecule has 0 aromatic heterocycles. The summed E-state index contributed by atoms with van der Waals surface area (Å²) in [5.41, 5.74) is 2.29. The standard InChI is InChI=1S/C15H22O2/c1-10(2)12-7-9-15(3)8-6-11(14(16)17)4-5-13(12)15/h5-6,10,12H,4,7-9H2,1-3H3,(H,16,17)/t12-,15+/m1/s1. The number of carboxylic acids is 1. The van der Waals surface area contributed by atoms with Gasteiger partial charge in [-0.1, -0.05) is 38.5 Å². The Morgan fingerprint density at radius 1 is 1.47 bits per heavy atom. The Kier molecular flexibility index (Phi) is 3.15. The van der Waals surface area contributed by atoms with Gasteiger partial charge in [-0.2, -0.15) is 0 Å². The summed E-state index contributed by atoms with van der Waals surface area (Å²) in [5, 5.41) is 9.09. The molecule has 17 heavy (non-hydrogen) atoms. The van der Waals surface area contributed by atoms with E-state index in [2.05, 4.69) is 26.8 Å². The van der Waals surface area contributed by atoms with Gasteiger partial charge in [0.1, 0.15) is 0 Å². The highest BCUT2D eigenvalue weighted by atomic mass is 16.4. The highest BCUT2D eigenvalue weighted by Crippen LogP contribution is 2.52. The van der Waals surface area contributed by atoms with Crippen LogP contribution in [0.4, 0.5) is 0 Å². The summed E-state index contributed by atoms with van der Waals surface area (Å²) >= 11 is 0. The molecule has 0 saturated heterocycles. The van der Waals surface area contributed by atoms with Crippen LogP contribution in [0.5, 0.6) is 0 Å². The van der Waals surface area contributed by atoms with Crippen LogP contribution in [0, 0.1) is 17.3 Å². The predicted octanol–water partition coefficient (Wildman–Crippen LogP) is 3.79. The molecule has 2 nitrogen and oxygen atoms in total. The van der Waals surface area contributed by atoms with E-state index in [1.54, 1.807) is 0 Å². The lowest BCUT2D eigenvalue weighted by Crippen LogP contribution is -2.16. The Balaban J connectivity index is 2.30. The summed E-state index contributed by atoms with van der Waals surface area (Å²) in [7, 11) is 0. The van der Waals surface area contributed by atoms with Crippen molar-refractivity contribution in [1.82, 2.24) is 0 Å². The third-order valence-electron chi connectivity index (χ3n) is 4.52. The number of rotatable bonds is 2. The first-order valence-corrected chi connectivity index (χ1v) is 6.57. The van der Waals surface area contributed by atoms with E-state index < -0.39 is 5.97 Å². The number of hydrogen-bond donors (Lipinski definition) is 1. The molecule has 1 fully saturated rings. The van der Waals surface area contributed by atoms with Gasteiger partial charge in [0.25, 0.3) is 0 Å². The van der Waals surface area contributed by atoms with Crippen molar-refractivity contribution in [2.45, 2.75) is 46.5 Å². The van der Waals surface area contributed by atoms with Crippen molar-refractivity contribution in [3.63, 3.8) is 0 Å². The fourth-order valence-electron chi connectivity index (χ4n) is 3.36. The lowest BCUT2D eigenvalue weighted by molar-refractivity contribution is -0.132. The van der Waals surface area contributed by atoms with Crippen LogP contribution in [0.1, 0.15) is 46.5 Å². The van der Waals surface area contributed by atoms with Crippen molar-refractivity contribution in [2.24, 2.45) is 17.3 Å². The normalized spacial score (nSPS) is 32.8. The molecule has 0 aromatic rings. The molecule has 2 rings (SSSR count). The maximum atomic E-state index is 11.0. The van der Waals surface area contributed by atoms with Crippen LogP contribution < -0.4 is 0 Å². The zero-order chi connectivity index (χ0) is 12.6. The van der Waals surface area contributed by atoms with Crippen LogP contribution in [-0.2, 0) is 4.79 Å². The molecule has 0 aromatic carbocycles. The number of carbonyl (C=O) groups is 1. The van der Waals surface area contributed by atoms with Crippen molar-refractivity contribution in [1.29, 1.82) is 0 Å². The topological polar surface area (TPSA) is 37.3 Å². The lowest BCUT2D eigenvalue weighted by Gasteiger charge is -2.27. The molecule has 0 bridgehead atoms. The fraction of sp³-hybridized carbons (Fsp3) is 0.667. The van der Waals surface area contributed by atoms with Gasteiger partial charge in [0.05, 0.1) is 0 Å². The van der Waals surface area contributed by atoms with Gasteiger partial charge >= 0.3 is 5.97 Å². The molecule has 2 aliphatic carbocycles. The minimum Gasteiger partial charge on any atom is -0.478 e. The Morgan fingerprint density at radius 3 is 2.76 bits per heavy atom. The number of aliphatic carboxylic acids is 1. The van der Waals surface area contributed by atoms with E-state index in [0.29, 0.717) is 23.8 Å². The summed E-state index contributed by atoms with van der Waals surface area (Å²) in [6, 6.07) is 0. The van der Waals surface area contributed by atoms with E-state index in [0.717, 1.165) is 6.42 Å². The monoisotopic (exact) mass is 234 g/mol. The second-order valence-electron chi connectivity index (χ2n) is 6.05. The molecule has 94 valence electrons. The molecule has 0 amide bonds. The smallest absolute Gasteiger partial charge is 0.331 e. The maximum absolute atomic E-state index is 11.0. The quantitative estimate of drug-likeness (QED) is 0.738. The molecule has 2 atom stereocenters. The molecular weight excluding hydrogens is 212 g/mol. The van der Waals surface area contributed by atoms with Crippen molar-refractivity contribution in [2.75, 3.05) is 0 Å². The number of fused-ring (bicyclic) bond motifs is 1. The van der Waals surface area contributed by atoms with E-state index in [1.807, 2.05) is 6.08 Å². The third-order valence-corrected chi connectivity index (χ3v) is 4.52. The van der Waals surface area contributed by atoms with Crippen LogP contribution in [0.2, 0.25) is 0 Å². The van der Waals surface area contributed by atoms with Gasteiger partial charge in [-0.3, -0.25) is 0 Å². The highest BCUT2D eigenvalue weighted by molar-refractivity contribution is 5.87. The second kappa shape index (κ2) is 4.32. The summed E-state index contributed by atoms with van der Waals surface area (Å²) < 4.78 is 0. The van der Waals surface area contributed by atoms with Crippen molar-refractivity contribution in [3.05, 3.63) is 23.3 Å². The molecule has 2 aliphatic rings. The lowest BCUT2D eigenvalue weighted by atomic mass is 9.78. The third kappa shape index (κ3) is 2.18. The van der Waals surface area contributed by atoms with Crippen molar-refractivity contribution >= 4 is 5.97 Å². The molecule has 0 aliphatic heterocycles. The minimum atomic E-state index is -0.758. The minimum absolute atomic E-state index is 0.214. The Hall–Kier alpha value is -1.05. The molecular formula is C15H22O2. The first kappa shape index (κ1) is 12.4. The molecule has 1 N–H and O–H groups in total. The average molecular weight is 234 g/mol. The Morgan fingerprint density at radius 2 is 2.18 bits per heavy atom. The zero-order valence-electron chi connectivity index (χ0n) is 11.0. The zero-order valence-corrected chi connectivity index (χ0v) is 11.0. The Labute approximate surface area is 103 Å². The number of hydrogen-bond acceptors (Lipinski definition) is 1. The van der Waals surface area contributed by atoms with Crippen LogP contribution in [0.15, 0.2) is 23.3 Å². The molecule has 0 heterocycles. The van der Waals surface area contributed by atoms with Crippen LogP contribution in [0.25, 0.3) is 0 Å². The molecule has 0 unspecified atom stereocenters. The van der Waals surface area contributed by atoms with Gasteiger partial charge in [0.15, 0.2) is 0 Å². The van der Waals surface area contributed by atoms with Gasteiger partial charge in [0.2, 0.25) is 0 Å². The van der Waals surface area contributed by atoms with Gasteiger partial charge in [0, 0.05) is 5.57 Å². The Bertz CT molecular complexity index is 390. The van der Waals surface area contributed by atoms with Gasteiger partial charge in [-0.25, -0.2) is 4.79 Å². The largest absolute Gasteiger partial charge is 0.478 e. The molecule has 0 radical (unpaired) electrons. The van der Waals surface area contributed by atoms with Crippen molar-refractivity contribution < 1.29 is 9.90 Å². The number of allylic oxidation sites excluding steroid dienone is 3. The maximum Gasteiger partial charge on any atom is 0.331 e. The van der Waals surface area contributed by atoms with E-state index in [-0.39, 0.29) is 5.41 Å². The molecule has 1 saturated carbocycles. The van der Waals surface area contributed by atoms with Crippen LogP contribution >= 0.6 is 0 Å². The van der Waals surface area contributed by atoms with Crippen LogP contribution in [-0.4, -0.2) is 11.1 Å². The fourth-order valence-corrected chi connectivity index (χ4v) is 3.36. The molecule has 2 heteroatoms. The van der Waals surface area contributed by atoms with Gasteiger partial charge in [-0.05, 0) is 42.9 Å². The van der Waals surface area contributed by atoms with E-state index in [9.17, 15) is 4.79 Å². The van der Waals surface area contributed by atoms with Crippen molar-refractivity contribution in [3.8, 4) is 0 Å². The van der Waals surface area contributed by atoms with Gasteiger partial charge in [-0.15, -0.1) is 0 Å². The van der Waals surface area contributed by atoms with Gasteiger partial charge < -0.3 is 5.11 Å². The first-order valence-electron chi connectivity index (χ1n) is 6.57.